The van der Waals surface area contributed by atoms with Gasteiger partial charge in [0.1, 0.15) is 17.0 Å². The molecule has 1 unspecified atom stereocenters. The highest BCUT2D eigenvalue weighted by Crippen LogP contribution is 2.17. The van der Waals surface area contributed by atoms with Gasteiger partial charge in [-0.05, 0) is 31.2 Å². The molecule has 0 aliphatic rings. The molecule has 0 fully saturated rings. The average molecular weight is 392 g/mol. The maximum Gasteiger partial charge on any atom is 0.259 e. The van der Waals surface area contributed by atoms with Gasteiger partial charge in [0.2, 0.25) is 5.13 Å². The maximum absolute atomic E-state index is 12.2. The second-order valence-electron chi connectivity index (χ2n) is 5.92. The molecule has 1 amide bonds. The lowest BCUT2D eigenvalue weighted by Gasteiger charge is -2.11. The lowest BCUT2D eigenvalue weighted by Crippen LogP contribution is -2.13. The van der Waals surface area contributed by atoms with E-state index in [1.54, 1.807) is 22.3 Å². The number of nitrogens with zero attached hydrogens (tertiary/aromatic N) is 6. The van der Waals surface area contributed by atoms with E-state index in [4.69, 9.17) is 0 Å². The van der Waals surface area contributed by atoms with Crippen LogP contribution in [-0.2, 0) is 0 Å². The first kappa shape index (κ1) is 17.7. The van der Waals surface area contributed by atoms with E-state index in [0.29, 0.717) is 16.5 Å². The van der Waals surface area contributed by atoms with Crippen LogP contribution in [0.2, 0.25) is 0 Å². The Hall–Kier alpha value is -3.66. The number of anilines is 2. The molecule has 0 aliphatic heterocycles. The van der Waals surface area contributed by atoms with Gasteiger partial charge >= 0.3 is 0 Å². The van der Waals surface area contributed by atoms with E-state index in [-0.39, 0.29) is 11.9 Å². The average Bonchev–Trinajstić information content (AvgIpc) is 3.41. The molecular formula is C18H16N8OS. The van der Waals surface area contributed by atoms with Crippen LogP contribution < -0.4 is 10.6 Å². The fourth-order valence-electron chi connectivity index (χ4n) is 2.49. The molecule has 0 aliphatic carbocycles. The lowest BCUT2D eigenvalue weighted by atomic mass is 10.2. The molecule has 140 valence electrons. The first-order chi connectivity index (χ1) is 13.7. The zero-order chi connectivity index (χ0) is 19.3. The Morgan fingerprint density at radius 2 is 2.00 bits per heavy atom. The number of amides is 1. The molecule has 3 heterocycles. The summed E-state index contributed by atoms with van der Waals surface area (Å²) in [4.78, 5) is 16.5. The molecule has 4 aromatic rings. The lowest BCUT2D eigenvalue weighted by molar-refractivity contribution is 0.102. The second kappa shape index (κ2) is 7.92. The number of hydrogen-bond donors (Lipinski definition) is 2. The van der Waals surface area contributed by atoms with Gasteiger partial charge in [-0.25, -0.2) is 9.67 Å². The fraction of sp³-hybridized carbons (Fsp3) is 0.111. The number of carbonyl (C=O) groups is 1. The van der Waals surface area contributed by atoms with Crippen LogP contribution in [0.25, 0.3) is 5.69 Å². The number of pyridine rings is 1. The van der Waals surface area contributed by atoms with Gasteiger partial charge in [-0.3, -0.25) is 10.1 Å². The third-order valence-electron chi connectivity index (χ3n) is 3.95. The second-order valence-corrected chi connectivity index (χ2v) is 6.75. The van der Waals surface area contributed by atoms with E-state index in [0.717, 1.165) is 11.4 Å². The van der Waals surface area contributed by atoms with Gasteiger partial charge in [-0.2, -0.15) is 0 Å². The summed E-state index contributed by atoms with van der Waals surface area (Å²) < 4.78 is 1.72. The van der Waals surface area contributed by atoms with Crippen molar-refractivity contribution in [2.24, 2.45) is 0 Å². The topological polar surface area (TPSA) is 111 Å². The van der Waals surface area contributed by atoms with Crippen LogP contribution in [0.4, 0.5) is 10.9 Å². The molecule has 0 radical (unpaired) electrons. The van der Waals surface area contributed by atoms with Crippen LogP contribution in [0.15, 0.2) is 60.4 Å². The molecule has 9 nitrogen and oxygen atoms in total. The third kappa shape index (κ3) is 4.01. The van der Waals surface area contributed by atoms with Crippen LogP contribution in [0.1, 0.15) is 29.0 Å². The van der Waals surface area contributed by atoms with Crippen molar-refractivity contribution in [2.75, 3.05) is 10.6 Å². The molecule has 0 spiro atoms. The number of aromatic nitrogens is 6. The zero-order valence-electron chi connectivity index (χ0n) is 14.9. The minimum absolute atomic E-state index is 0.106. The fourth-order valence-corrected chi connectivity index (χ4v) is 2.93. The summed E-state index contributed by atoms with van der Waals surface area (Å²) in [6.07, 6.45) is 3.38. The molecule has 3 aromatic heterocycles. The summed E-state index contributed by atoms with van der Waals surface area (Å²) in [6.45, 7) is 1.97. The van der Waals surface area contributed by atoms with Gasteiger partial charge in [0.25, 0.3) is 5.91 Å². The van der Waals surface area contributed by atoms with Gasteiger partial charge in [-0.1, -0.05) is 34.7 Å². The van der Waals surface area contributed by atoms with Crippen LogP contribution in [-0.4, -0.2) is 36.1 Å². The van der Waals surface area contributed by atoms with E-state index in [9.17, 15) is 4.79 Å². The minimum atomic E-state index is -0.283. The molecular weight excluding hydrogens is 376 g/mol. The molecule has 4 rings (SSSR count). The zero-order valence-corrected chi connectivity index (χ0v) is 15.7. The standard InChI is InChI=1S/C18H16N8OS/c1-12(15-10-26(25-23-15)14-5-3-2-4-6-14)21-16-8-7-13(9-19-16)17(27)22-18-24-20-11-28-18/h2-12H,1H3,(H,19,21)(H,22,24,27). The Labute approximate surface area is 164 Å². The maximum atomic E-state index is 12.2. The highest BCUT2D eigenvalue weighted by Gasteiger charge is 2.13. The van der Waals surface area contributed by atoms with Crippen LogP contribution in [0, 0.1) is 0 Å². The van der Waals surface area contributed by atoms with Crippen molar-refractivity contribution in [3.05, 3.63) is 71.6 Å². The van der Waals surface area contributed by atoms with Crippen molar-refractivity contribution in [1.29, 1.82) is 0 Å². The molecule has 10 heteroatoms. The molecule has 0 bridgehead atoms. The number of carbonyl (C=O) groups excluding carboxylic acids is 1. The number of nitrogens with one attached hydrogen (secondary N) is 2. The third-order valence-corrected chi connectivity index (χ3v) is 4.55. The number of para-hydroxylation sites is 1. The van der Waals surface area contributed by atoms with Crippen LogP contribution in [0.5, 0.6) is 0 Å². The summed E-state index contributed by atoms with van der Waals surface area (Å²) in [5.74, 6) is 0.351. The summed E-state index contributed by atoms with van der Waals surface area (Å²) in [7, 11) is 0. The van der Waals surface area contributed by atoms with Crippen molar-refractivity contribution in [1.82, 2.24) is 30.2 Å². The smallest absolute Gasteiger partial charge is 0.259 e. The van der Waals surface area contributed by atoms with Crippen molar-refractivity contribution in [3.8, 4) is 5.69 Å². The van der Waals surface area contributed by atoms with Gasteiger partial charge in [-0.15, -0.1) is 15.3 Å². The summed E-state index contributed by atoms with van der Waals surface area (Å²) >= 11 is 1.25. The Bertz CT molecular complexity index is 1050. The van der Waals surface area contributed by atoms with Crippen molar-refractivity contribution in [2.45, 2.75) is 13.0 Å². The van der Waals surface area contributed by atoms with Gasteiger partial charge in [0, 0.05) is 6.20 Å². The predicted molar refractivity (Wildman–Crippen MR) is 105 cm³/mol. The van der Waals surface area contributed by atoms with Gasteiger partial charge in [0.05, 0.1) is 23.5 Å². The van der Waals surface area contributed by atoms with Crippen molar-refractivity contribution >= 4 is 28.2 Å². The molecule has 2 N–H and O–H groups in total. The van der Waals surface area contributed by atoms with E-state index in [1.807, 2.05) is 43.5 Å². The van der Waals surface area contributed by atoms with Crippen LogP contribution in [0.3, 0.4) is 0 Å². The normalized spacial score (nSPS) is 11.8. The summed E-state index contributed by atoms with van der Waals surface area (Å²) in [5, 5.41) is 22.2. The van der Waals surface area contributed by atoms with E-state index in [1.165, 1.54) is 17.5 Å². The Balaban J connectivity index is 1.40. The van der Waals surface area contributed by atoms with E-state index >= 15 is 0 Å². The van der Waals surface area contributed by atoms with Gasteiger partial charge < -0.3 is 5.32 Å². The molecule has 1 atom stereocenters. The molecule has 0 saturated heterocycles. The van der Waals surface area contributed by atoms with Crippen molar-refractivity contribution < 1.29 is 4.79 Å². The molecule has 28 heavy (non-hydrogen) atoms. The van der Waals surface area contributed by atoms with E-state index in [2.05, 4.69) is 36.1 Å². The summed E-state index contributed by atoms with van der Waals surface area (Å²) in [5.41, 5.74) is 3.71. The largest absolute Gasteiger partial charge is 0.362 e. The highest BCUT2D eigenvalue weighted by molar-refractivity contribution is 7.13. The Kier molecular flexibility index (Phi) is 5.02. The van der Waals surface area contributed by atoms with Gasteiger partial charge in [0.15, 0.2) is 0 Å². The first-order valence-electron chi connectivity index (χ1n) is 8.47. The van der Waals surface area contributed by atoms with Crippen LogP contribution >= 0.6 is 11.3 Å². The number of rotatable bonds is 6. The summed E-state index contributed by atoms with van der Waals surface area (Å²) in [6, 6.07) is 13.1. The van der Waals surface area contributed by atoms with Crippen molar-refractivity contribution in [3.63, 3.8) is 0 Å². The molecule has 1 aromatic carbocycles. The number of hydrogen-bond acceptors (Lipinski definition) is 8. The molecule has 0 saturated carbocycles. The highest BCUT2D eigenvalue weighted by atomic mass is 32.1. The first-order valence-corrected chi connectivity index (χ1v) is 9.35. The van der Waals surface area contributed by atoms with E-state index < -0.39 is 0 Å². The number of benzene rings is 1. The quantitative estimate of drug-likeness (QED) is 0.519. The monoisotopic (exact) mass is 392 g/mol. The predicted octanol–water partition coefficient (Wildman–Crippen LogP) is 2.94. The minimum Gasteiger partial charge on any atom is -0.362 e. The SMILES string of the molecule is CC(Nc1ccc(C(=O)Nc2nncs2)cn1)c1cn(-c2ccccc2)nn1. The Morgan fingerprint density at radius 3 is 2.71 bits per heavy atom. The Morgan fingerprint density at radius 1 is 1.14 bits per heavy atom.